The van der Waals surface area contributed by atoms with Gasteiger partial charge in [0.2, 0.25) is 17.7 Å². The first-order valence-electron chi connectivity index (χ1n) is 17.5. The monoisotopic (exact) mass is 727 g/mol. The molecule has 9 nitrogen and oxygen atoms in total. The summed E-state index contributed by atoms with van der Waals surface area (Å²) >= 11 is 0. The number of anilines is 1. The first-order chi connectivity index (χ1) is 25.5. The average molecular weight is 728 g/mol. The fraction of sp³-hybridized carbons (Fsp3) is 0.317. The Morgan fingerprint density at radius 3 is 2.17 bits per heavy atom. The molecule has 0 N–H and O–H groups in total. The minimum absolute atomic E-state index is 0.0550. The van der Waals surface area contributed by atoms with Crippen LogP contribution in [0, 0.1) is 0 Å². The highest BCUT2D eigenvalue weighted by Crippen LogP contribution is 2.29. The van der Waals surface area contributed by atoms with Crippen molar-refractivity contribution in [1.82, 2.24) is 19.7 Å². The summed E-state index contributed by atoms with van der Waals surface area (Å²) in [6, 6.07) is 26.4. The Morgan fingerprint density at radius 2 is 1.55 bits per heavy atom. The Kier molecular flexibility index (Phi) is 13.4. The van der Waals surface area contributed by atoms with Gasteiger partial charge < -0.3 is 24.3 Å². The van der Waals surface area contributed by atoms with Crippen molar-refractivity contribution < 1.29 is 32.3 Å². The molecule has 1 unspecified atom stereocenters. The molecule has 0 bridgehead atoms. The number of rotatable bonds is 14. The van der Waals surface area contributed by atoms with Crippen molar-refractivity contribution in [2.75, 3.05) is 51.3 Å². The molecule has 1 atom stereocenters. The molecule has 5 rings (SSSR count). The van der Waals surface area contributed by atoms with Gasteiger partial charge in [0.15, 0.2) is 0 Å². The maximum atomic E-state index is 14.3. The fourth-order valence-electron chi connectivity index (χ4n) is 6.07. The predicted octanol–water partition coefficient (Wildman–Crippen LogP) is 6.10. The second-order valence-electron chi connectivity index (χ2n) is 12.9. The first kappa shape index (κ1) is 38.7. The summed E-state index contributed by atoms with van der Waals surface area (Å²) in [5.74, 6) is -0.700. The van der Waals surface area contributed by atoms with Crippen LogP contribution in [0.3, 0.4) is 0 Å². The van der Waals surface area contributed by atoms with Gasteiger partial charge in [0.25, 0.3) is 0 Å². The molecule has 0 aliphatic carbocycles. The second-order valence-corrected chi connectivity index (χ2v) is 12.9. The number of hydrogen-bond acceptors (Lipinski definition) is 6. The molecule has 12 heteroatoms. The van der Waals surface area contributed by atoms with Gasteiger partial charge in [-0.15, -0.1) is 0 Å². The zero-order valence-electron chi connectivity index (χ0n) is 29.9. The van der Waals surface area contributed by atoms with Crippen LogP contribution >= 0.6 is 0 Å². The number of aromatic nitrogens is 1. The van der Waals surface area contributed by atoms with Crippen LogP contribution in [0.5, 0.6) is 0 Å². The summed E-state index contributed by atoms with van der Waals surface area (Å²) in [6.45, 7) is 5.15. The van der Waals surface area contributed by atoms with Crippen molar-refractivity contribution in [2.24, 2.45) is 0 Å². The highest BCUT2D eigenvalue weighted by molar-refractivity contribution is 5.95. The number of pyridine rings is 1. The van der Waals surface area contributed by atoms with Crippen molar-refractivity contribution in [3.63, 3.8) is 0 Å². The van der Waals surface area contributed by atoms with E-state index in [0.717, 1.165) is 34.6 Å². The quantitative estimate of drug-likeness (QED) is 0.115. The maximum Gasteiger partial charge on any atom is 0.416 e. The normalized spacial score (nSPS) is 13.9. The van der Waals surface area contributed by atoms with Gasteiger partial charge in [-0.1, -0.05) is 60.7 Å². The molecule has 4 aromatic rings. The van der Waals surface area contributed by atoms with Crippen LogP contribution in [0.15, 0.2) is 109 Å². The number of carbonyl (C=O) groups is 3. The molecular formula is C41H44F3N5O4. The lowest BCUT2D eigenvalue weighted by atomic mass is 10.0. The summed E-state index contributed by atoms with van der Waals surface area (Å²) in [5, 5.41) is 0. The number of benzene rings is 3. The standard InChI is InChI=1S/C41H44F3N5O4/c1-31(50)47-22-24-48(25-23-47)37-18-13-34(14-19-37)29-49(39(51)20-15-32-11-16-35(17-12-32)41(42,43)44)38(28-33-8-4-3-5-9-33)40(52)46(2)26-27-53-30-36-10-6-7-21-45-36/h3-21,38H,22-30H2,1-2H3. The molecule has 53 heavy (non-hydrogen) atoms. The van der Waals surface area contributed by atoms with E-state index >= 15 is 0 Å². The average Bonchev–Trinajstić information content (AvgIpc) is 3.17. The number of nitrogens with zero attached hydrogens (tertiary/aromatic N) is 5. The van der Waals surface area contributed by atoms with Gasteiger partial charge >= 0.3 is 6.18 Å². The van der Waals surface area contributed by atoms with Crippen molar-refractivity contribution in [2.45, 2.75) is 38.7 Å². The van der Waals surface area contributed by atoms with E-state index in [0.29, 0.717) is 31.7 Å². The molecule has 1 aliphatic rings. The zero-order chi connectivity index (χ0) is 37.8. The van der Waals surface area contributed by atoms with Crippen molar-refractivity contribution >= 4 is 29.5 Å². The maximum absolute atomic E-state index is 14.3. The molecule has 278 valence electrons. The van der Waals surface area contributed by atoms with Crippen molar-refractivity contribution in [3.8, 4) is 0 Å². The van der Waals surface area contributed by atoms with Crippen molar-refractivity contribution in [3.05, 3.63) is 137 Å². The van der Waals surface area contributed by atoms with E-state index in [4.69, 9.17) is 4.74 Å². The SMILES string of the molecule is CC(=O)N1CCN(c2ccc(CN(C(=O)C=Cc3ccc(C(F)(F)F)cc3)C(Cc3ccccc3)C(=O)N(C)CCOCc3ccccn3)cc2)CC1. The number of hydrogen-bond donors (Lipinski definition) is 0. The lowest BCUT2D eigenvalue weighted by Crippen LogP contribution is -2.51. The van der Waals surface area contributed by atoms with Gasteiger partial charge in [0, 0.05) is 77.6 Å². The number of amides is 3. The van der Waals surface area contributed by atoms with Gasteiger partial charge in [-0.3, -0.25) is 19.4 Å². The van der Waals surface area contributed by atoms with E-state index in [-0.39, 0.29) is 44.5 Å². The molecule has 3 amide bonds. The summed E-state index contributed by atoms with van der Waals surface area (Å²) in [4.78, 5) is 51.6. The van der Waals surface area contributed by atoms with Gasteiger partial charge in [0.1, 0.15) is 6.04 Å². The van der Waals surface area contributed by atoms with E-state index < -0.39 is 23.7 Å². The van der Waals surface area contributed by atoms with Gasteiger partial charge in [-0.25, -0.2) is 0 Å². The number of halogens is 3. The van der Waals surface area contributed by atoms with Crippen LogP contribution in [0.1, 0.15) is 34.9 Å². The van der Waals surface area contributed by atoms with Gasteiger partial charge in [-0.05, 0) is 59.2 Å². The van der Waals surface area contributed by atoms with Crippen LogP contribution in [0.2, 0.25) is 0 Å². The van der Waals surface area contributed by atoms with Crippen LogP contribution in [0.4, 0.5) is 18.9 Å². The Morgan fingerprint density at radius 1 is 0.868 bits per heavy atom. The van der Waals surface area contributed by atoms with Crippen LogP contribution in [0.25, 0.3) is 6.08 Å². The number of likely N-dealkylation sites (N-methyl/N-ethyl adjacent to an activating group) is 1. The molecule has 0 spiro atoms. The molecule has 1 aromatic heterocycles. The molecule has 1 saturated heterocycles. The fourth-order valence-corrected chi connectivity index (χ4v) is 6.07. The van der Waals surface area contributed by atoms with E-state index in [1.165, 1.54) is 29.2 Å². The molecule has 0 radical (unpaired) electrons. The smallest absolute Gasteiger partial charge is 0.373 e. The Labute approximate surface area is 308 Å². The van der Waals surface area contributed by atoms with E-state index in [1.54, 1.807) is 25.1 Å². The molecule has 3 aromatic carbocycles. The minimum atomic E-state index is -4.48. The van der Waals surface area contributed by atoms with Gasteiger partial charge in [0.05, 0.1) is 24.5 Å². The number of alkyl halides is 3. The van der Waals surface area contributed by atoms with Crippen LogP contribution < -0.4 is 4.90 Å². The Bertz CT molecular complexity index is 1810. The second kappa shape index (κ2) is 18.3. The molecule has 2 heterocycles. The highest BCUT2D eigenvalue weighted by Gasteiger charge is 2.32. The van der Waals surface area contributed by atoms with Crippen molar-refractivity contribution in [1.29, 1.82) is 0 Å². The first-order valence-corrected chi connectivity index (χ1v) is 17.5. The lowest BCUT2D eigenvalue weighted by molar-refractivity contribution is -0.143. The summed E-state index contributed by atoms with van der Waals surface area (Å²) in [6.07, 6.45) is 0.195. The van der Waals surface area contributed by atoms with Crippen LogP contribution in [-0.4, -0.2) is 89.8 Å². The Balaban J connectivity index is 1.38. The predicted molar refractivity (Wildman–Crippen MR) is 197 cm³/mol. The minimum Gasteiger partial charge on any atom is -0.373 e. The molecule has 0 saturated carbocycles. The van der Waals surface area contributed by atoms with E-state index in [2.05, 4.69) is 9.88 Å². The van der Waals surface area contributed by atoms with E-state index in [9.17, 15) is 27.6 Å². The topological polar surface area (TPSA) is 86.3 Å². The third-order valence-corrected chi connectivity index (χ3v) is 9.18. The lowest BCUT2D eigenvalue weighted by Gasteiger charge is -2.36. The summed E-state index contributed by atoms with van der Waals surface area (Å²) in [5.41, 5.74) is 3.03. The van der Waals surface area contributed by atoms with Crippen LogP contribution in [-0.2, 0) is 44.9 Å². The highest BCUT2D eigenvalue weighted by atomic mass is 19.4. The summed E-state index contributed by atoms with van der Waals surface area (Å²) < 4.78 is 45.3. The molecular weight excluding hydrogens is 683 g/mol. The number of carbonyl (C=O) groups excluding carboxylic acids is 3. The third kappa shape index (κ3) is 11.2. The van der Waals surface area contributed by atoms with E-state index in [1.807, 2.05) is 77.7 Å². The largest absolute Gasteiger partial charge is 0.416 e. The third-order valence-electron chi connectivity index (χ3n) is 9.18. The number of ether oxygens (including phenoxy) is 1. The molecule has 1 fully saturated rings. The molecule has 1 aliphatic heterocycles. The number of piperazine rings is 1. The summed E-state index contributed by atoms with van der Waals surface area (Å²) in [7, 11) is 1.67. The Hall–Kier alpha value is -5.49. The van der Waals surface area contributed by atoms with Gasteiger partial charge in [-0.2, -0.15) is 13.2 Å². The zero-order valence-corrected chi connectivity index (χ0v) is 29.9.